The van der Waals surface area contributed by atoms with Crippen molar-refractivity contribution < 1.29 is 9.59 Å². The number of hydrogen-bond acceptors (Lipinski definition) is 3. The van der Waals surface area contributed by atoms with E-state index in [-0.39, 0.29) is 22.4 Å². The first kappa shape index (κ1) is 19.5. The Bertz CT molecular complexity index is 573. The minimum Gasteiger partial charge on any atom is -0.347 e. The zero-order valence-electron chi connectivity index (χ0n) is 14.2. The third kappa shape index (κ3) is 5.84. The molecule has 6 heteroatoms. The summed E-state index contributed by atoms with van der Waals surface area (Å²) in [6.07, 6.45) is 2.26. The predicted octanol–water partition coefficient (Wildman–Crippen LogP) is 3.32. The molecule has 128 valence electrons. The number of anilines is 1. The average Bonchev–Trinajstić information content (AvgIpc) is 2.47. The van der Waals surface area contributed by atoms with E-state index in [1.165, 1.54) is 0 Å². The van der Waals surface area contributed by atoms with Crippen LogP contribution < -0.4 is 16.4 Å². The number of benzene rings is 1. The Morgan fingerprint density at radius 2 is 1.96 bits per heavy atom. The fourth-order valence-electron chi connectivity index (χ4n) is 1.92. The van der Waals surface area contributed by atoms with Crippen LogP contribution in [0.3, 0.4) is 0 Å². The fraction of sp³-hybridized carbons (Fsp3) is 0.529. The maximum absolute atomic E-state index is 12.3. The van der Waals surface area contributed by atoms with Gasteiger partial charge >= 0.3 is 0 Å². The molecule has 0 saturated carbocycles. The zero-order chi connectivity index (χ0) is 17.6. The summed E-state index contributed by atoms with van der Waals surface area (Å²) in [6, 6.07) is 4.26. The molecule has 0 aromatic heterocycles. The Hall–Kier alpha value is -1.59. The molecule has 5 nitrogen and oxygen atoms in total. The van der Waals surface area contributed by atoms with Gasteiger partial charge in [-0.3, -0.25) is 9.59 Å². The number of nitrogens with one attached hydrogen (secondary N) is 2. The molecule has 4 N–H and O–H groups in total. The van der Waals surface area contributed by atoms with Crippen molar-refractivity contribution in [2.24, 2.45) is 5.73 Å². The average molecular weight is 340 g/mol. The molecular formula is C17H26ClN3O2. The normalized spacial score (nSPS) is 12.6. The summed E-state index contributed by atoms with van der Waals surface area (Å²) in [5.41, 5.74) is 6.37. The lowest BCUT2D eigenvalue weighted by Gasteiger charge is -2.24. The molecule has 1 aromatic rings. The maximum Gasteiger partial charge on any atom is 0.253 e. The van der Waals surface area contributed by atoms with Crippen LogP contribution in [0.25, 0.3) is 0 Å². The van der Waals surface area contributed by atoms with Crippen LogP contribution in [0, 0.1) is 0 Å². The molecule has 0 aliphatic rings. The summed E-state index contributed by atoms with van der Waals surface area (Å²) < 4.78 is 0. The van der Waals surface area contributed by atoms with Crippen molar-refractivity contribution in [3.05, 3.63) is 28.8 Å². The van der Waals surface area contributed by atoms with Gasteiger partial charge in [0.2, 0.25) is 5.91 Å². The topological polar surface area (TPSA) is 84.2 Å². The first-order valence-corrected chi connectivity index (χ1v) is 8.26. The fourth-order valence-corrected chi connectivity index (χ4v) is 2.18. The van der Waals surface area contributed by atoms with Crippen molar-refractivity contribution in [3.8, 4) is 0 Å². The van der Waals surface area contributed by atoms with E-state index in [2.05, 4.69) is 10.6 Å². The summed E-state index contributed by atoms with van der Waals surface area (Å²) in [6.45, 7) is 7.86. The second-order valence-corrected chi connectivity index (χ2v) is 6.68. The lowest BCUT2D eigenvalue weighted by Crippen LogP contribution is -2.42. The predicted molar refractivity (Wildman–Crippen MR) is 94.8 cm³/mol. The van der Waals surface area contributed by atoms with E-state index in [1.54, 1.807) is 18.2 Å². The van der Waals surface area contributed by atoms with E-state index < -0.39 is 6.04 Å². The van der Waals surface area contributed by atoms with E-state index >= 15 is 0 Å². The number of amides is 2. The van der Waals surface area contributed by atoms with Gasteiger partial charge < -0.3 is 16.4 Å². The third-order valence-corrected chi connectivity index (χ3v) is 4.07. The molecule has 1 aromatic carbocycles. The van der Waals surface area contributed by atoms with Crippen molar-refractivity contribution in [2.45, 2.75) is 58.5 Å². The SMILES string of the molecule is CCCC(N)C(=O)Nc1ccc(C(=O)NC(C)(C)CC)c(Cl)c1. The Labute approximate surface area is 143 Å². The number of halogens is 1. The first-order valence-electron chi connectivity index (χ1n) is 7.88. The van der Waals surface area contributed by atoms with Gasteiger partial charge in [0.25, 0.3) is 5.91 Å². The second-order valence-electron chi connectivity index (χ2n) is 6.27. The number of carbonyl (C=O) groups excluding carboxylic acids is 2. The molecule has 0 heterocycles. The quantitative estimate of drug-likeness (QED) is 0.712. The van der Waals surface area contributed by atoms with Gasteiger partial charge in [0, 0.05) is 11.2 Å². The van der Waals surface area contributed by atoms with Gasteiger partial charge in [0.15, 0.2) is 0 Å². The summed E-state index contributed by atoms with van der Waals surface area (Å²) in [7, 11) is 0. The lowest BCUT2D eigenvalue weighted by atomic mass is 10.0. The van der Waals surface area contributed by atoms with Crippen LogP contribution in [0.5, 0.6) is 0 Å². The number of rotatable bonds is 7. The summed E-state index contributed by atoms with van der Waals surface area (Å²) in [5.74, 6) is -0.491. The number of nitrogens with two attached hydrogens (primary N) is 1. The van der Waals surface area contributed by atoms with E-state index in [9.17, 15) is 9.59 Å². The minimum absolute atomic E-state index is 0.234. The third-order valence-electron chi connectivity index (χ3n) is 3.75. The summed E-state index contributed by atoms with van der Waals surface area (Å²) in [5, 5.41) is 5.93. The van der Waals surface area contributed by atoms with Crippen molar-refractivity contribution in [2.75, 3.05) is 5.32 Å². The van der Waals surface area contributed by atoms with Crippen LogP contribution >= 0.6 is 11.6 Å². The molecule has 1 rings (SSSR count). The molecule has 1 unspecified atom stereocenters. The second kappa shape index (κ2) is 8.31. The Balaban J connectivity index is 2.82. The molecule has 0 fully saturated rings. The number of carbonyl (C=O) groups is 2. The van der Waals surface area contributed by atoms with E-state index in [0.717, 1.165) is 12.8 Å². The highest BCUT2D eigenvalue weighted by Crippen LogP contribution is 2.22. The van der Waals surface area contributed by atoms with Gasteiger partial charge in [-0.2, -0.15) is 0 Å². The van der Waals surface area contributed by atoms with E-state index in [0.29, 0.717) is 17.7 Å². The van der Waals surface area contributed by atoms with Crippen molar-refractivity contribution in [3.63, 3.8) is 0 Å². The van der Waals surface area contributed by atoms with Gasteiger partial charge in [-0.15, -0.1) is 0 Å². The minimum atomic E-state index is -0.549. The van der Waals surface area contributed by atoms with Crippen LogP contribution in [-0.2, 0) is 4.79 Å². The molecule has 0 saturated heterocycles. The highest BCUT2D eigenvalue weighted by atomic mass is 35.5. The van der Waals surface area contributed by atoms with Gasteiger partial charge in [-0.25, -0.2) is 0 Å². The van der Waals surface area contributed by atoms with Crippen LogP contribution in [0.15, 0.2) is 18.2 Å². The molecule has 0 aliphatic heterocycles. The lowest BCUT2D eigenvalue weighted by molar-refractivity contribution is -0.117. The standard InChI is InChI=1S/C17H26ClN3O2/c1-5-7-14(19)16(23)20-11-8-9-12(13(18)10-11)15(22)21-17(3,4)6-2/h8-10,14H,5-7,19H2,1-4H3,(H,20,23)(H,21,22). The van der Waals surface area contributed by atoms with E-state index in [1.807, 2.05) is 27.7 Å². The van der Waals surface area contributed by atoms with Gasteiger partial charge in [0.1, 0.15) is 0 Å². The molecule has 0 radical (unpaired) electrons. The van der Waals surface area contributed by atoms with Crippen LogP contribution in [0.4, 0.5) is 5.69 Å². The van der Waals surface area contributed by atoms with Crippen LogP contribution in [0.1, 0.15) is 57.3 Å². The van der Waals surface area contributed by atoms with Gasteiger partial charge in [-0.1, -0.05) is 31.9 Å². The molecule has 0 aliphatic carbocycles. The smallest absolute Gasteiger partial charge is 0.253 e. The monoisotopic (exact) mass is 339 g/mol. The molecule has 0 bridgehead atoms. The number of hydrogen-bond donors (Lipinski definition) is 3. The molecular weight excluding hydrogens is 314 g/mol. The molecule has 2 amide bonds. The largest absolute Gasteiger partial charge is 0.347 e. The van der Waals surface area contributed by atoms with E-state index in [4.69, 9.17) is 17.3 Å². The first-order chi connectivity index (χ1) is 10.7. The summed E-state index contributed by atoms with van der Waals surface area (Å²) >= 11 is 6.18. The highest BCUT2D eigenvalue weighted by molar-refractivity contribution is 6.34. The zero-order valence-corrected chi connectivity index (χ0v) is 15.0. The Morgan fingerprint density at radius 1 is 1.30 bits per heavy atom. The molecule has 1 atom stereocenters. The Kier molecular flexibility index (Phi) is 7.03. The Morgan fingerprint density at radius 3 is 2.48 bits per heavy atom. The molecule has 0 spiro atoms. The van der Waals surface area contributed by atoms with Crippen LogP contribution in [0.2, 0.25) is 5.02 Å². The van der Waals surface area contributed by atoms with Gasteiger partial charge in [-0.05, 0) is 44.9 Å². The van der Waals surface area contributed by atoms with Crippen LogP contribution in [-0.4, -0.2) is 23.4 Å². The molecule has 23 heavy (non-hydrogen) atoms. The highest BCUT2D eigenvalue weighted by Gasteiger charge is 2.21. The van der Waals surface area contributed by atoms with Crippen molar-refractivity contribution in [1.29, 1.82) is 0 Å². The summed E-state index contributed by atoms with van der Waals surface area (Å²) in [4.78, 5) is 24.2. The van der Waals surface area contributed by atoms with Crippen molar-refractivity contribution in [1.82, 2.24) is 5.32 Å². The maximum atomic E-state index is 12.3. The van der Waals surface area contributed by atoms with Crippen molar-refractivity contribution >= 4 is 29.1 Å². The van der Waals surface area contributed by atoms with Gasteiger partial charge in [0.05, 0.1) is 16.6 Å².